The molecule has 0 aromatic heterocycles. The fraction of sp³-hybridized carbons (Fsp3) is 0.391. The number of carbonyl (C=O) groups is 1. The third-order valence-electron chi connectivity index (χ3n) is 5.34. The predicted octanol–water partition coefficient (Wildman–Crippen LogP) is 2.54. The normalized spacial score (nSPS) is 15.3. The summed E-state index contributed by atoms with van der Waals surface area (Å²) in [4.78, 5) is 17.2. The van der Waals surface area contributed by atoms with Gasteiger partial charge in [0.15, 0.2) is 0 Å². The van der Waals surface area contributed by atoms with Crippen molar-refractivity contribution in [1.29, 1.82) is 5.26 Å². The summed E-state index contributed by atoms with van der Waals surface area (Å²) in [6.45, 7) is 6.06. The number of sulfonamides is 1. The van der Waals surface area contributed by atoms with Gasteiger partial charge in [-0.3, -0.25) is 9.69 Å². The molecule has 31 heavy (non-hydrogen) atoms. The van der Waals surface area contributed by atoms with Gasteiger partial charge in [-0.15, -0.1) is 0 Å². The van der Waals surface area contributed by atoms with E-state index in [1.54, 1.807) is 12.1 Å². The number of hydrogen-bond donors (Lipinski definition) is 1. The Bertz CT molecular complexity index is 1030. The van der Waals surface area contributed by atoms with E-state index >= 15 is 0 Å². The van der Waals surface area contributed by atoms with Gasteiger partial charge in [0.2, 0.25) is 10.0 Å². The minimum atomic E-state index is -3.68. The lowest BCUT2D eigenvalue weighted by atomic mass is 10.1. The molecule has 0 bridgehead atoms. The number of nitrogens with zero attached hydrogens (tertiary/aromatic N) is 3. The Morgan fingerprint density at radius 2 is 1.74 bits per heavy atom. The first-order valence-corrected chi connectivity index (χ1v) is 11.9. The first-order chi connectivity index (χ1) is 14.9. The van der Waals surface area contributed by atoms with Crippen LogP contribution in [0, 0.1) is 18.3 Å². The topological polar surface area (TPSA) is 93.5 Å². The van der Waals surface area contributed by atoms with E-state index in [4.69, 9.17) is 5.26 Å². The number of amides is 1. The highest BCUT2D eigenvalue weighted by Gasteiger charge is 2.21. The molecule has 1 aliphatic rings. The van der Waals surface area contributed by atoms with Crippen molar-refractivity contribution in [3.05, 3.63) is 65.2 Å². The SMILES string of the molecule is Cc1ccc(CN2CCCN(C(=O)c3ccc(S(=O)(=O)NCCC#N)cc3)CC2)cc1. The molecule has 1 saturated heterocycles. The highest BCUT2D eigenvalue weighted by Crippen LogP contribution is 2.15. The first-order valence-electron chi connectivity index (χ1n) is 10.4. The molecule has 1 aliphatic heterocycles. The molecule has 1 fully saturated rings. The molecule has 1 amide bonds. The maximum absolute atomic E-state index is 12.9. The van der Waals surface area contributed by atoms with Crippen molar-refractivity contribution in [2.45, 2.75) is 31.2 Å². The second kappa shape index (κ2) is 10.5. The molecule has 0 spiro atoms. The second-order valence-electron chi connectivity index (χ2n) is 7.74. The molecular weight excluding hydrogens is 412 g/mol. The van der Waals surface area contributed by atoms with E-state index in [9.17, 15) is 13.2 Å². The minimum absolute atomic E-state index is 0.0619. The van der Waals surface area contributed by atoms with E-state index in [1.165, 1.54) is 23.3 Å². The van der Waals surface area contributed by atoms with Gasteiger partial charge in [0, 0.05) is 51.3 Å². The molecule has 7 nitrogen and oxygen atoms in total. The summed E-state index contributed by atoms with van der Waals surface area (Å²) in [5.41, 5.74) is 2.99. The molecule has 2 aromatic carbocycles. The monoisotopic (exact) mass is 440 g/mol. The summed E-state index contributed by atoms with van der Waals surface area (Å²) in [6.07, 6.45) is 0.999. The van der Waals surface area contributed by atoms with Crippen molar-refractivity contribution in [3.63, 3.8) is 0 Å². The molecule has 1 heterocycles. The van der Waals surface area contributed by atoms with Crippen LogP contribution in [0.5, 0.6) is 0 Å². The lowest BCUT2D eigenvalue weighted by Crippen LogP contribution is -2.35. The van der Waals surface area contributed by atoms with E-state index in [0.29, 0.717) is 18.7 Å². The standard InChI is InChI=1S/C23H28N4O3S/c1-19-4-6-20(7-5-19)18-26-14-3-15-27(17-16-26)23(28)21-8-10-22(11-9-21)31(29,30)25-13-2-12-24/h4-11,25H,2-3,13-18H2,1H3. The summed E-state index contributed by atoms with van der Waals surface area (Å²) < 4.78 is 26.8. The lowest BCUT2D eigenvalue weighted by Gasteiger charge is -2.22. The Balaban J connectivity index is 1.58. The average molecular weight is 441 g/mol. The van der Waals surface area contributed by atoms with Gasteiger partial charge < -0.3 is 4.90 Å². The quantitative estimate of drug-likeness (QED) is 0.668. The fourth-order valence-corrected chi connectivity index (χ4v) is 4.60. The molecule has 8 heteroatoms. The highest BCUT2D eigenvalue weighted by molar-refractivity contribution is 7.89. The molecule has 0 aliphatic carbocycles. The van der Waals surface area contributed by atoms with Crippen LogP contribution in [0.4, 0.5) is 0 Å². The van der Waals surface area contributed by atoms with Gasteiger partial charge >= 0.3 is 0 Å². The zero-order chi connectivity index (χ0) is 22.3. The molecule has 0 atom stereocenters. The highest BCUT2D eigenvalue weighted by atomic mass is 32.2. The van der Waals surface area contributed by atoms with Gasteiger partial charge in [-0.1, -0.05) is 29.8 Å². The minimum Gasteiger partial charge on any atom is -0.337 e. The Morgan fingerprint density at radius 3 is 2.42 bits per heavy atom. The molecule has 1 N–H and O–H groups in total. The van der Waals surface area contributed by atoms with Crippen molar-refractivity contribution in [2.75, 3.05) is 32.7 Å². The van der Waals surface area contributed by atoms with Crippen LogP contribution < -0.4 is 4.72 Å². The van der Waals surface area contributed by atoms with Gasteiger partial charge in [0.05, 0.1) is 11.0 Å². The number of nitriles is 1. The Labute approximate surface area is 184 Å². The Hall–Kier alpha value is -2.73. The zero-order valence-electron chi connectivity index (χ0n) is 17.8. The largest absolute Gasteiger partial charge is 0.337 e. The summed E-state index contributed by atoms with van der Waals surface area (Å²) >= 11 is 0. The van der Waals surface area contributed by atoms with E-state index in [1.807, 2.05) is 11.0 Å². The van der Waals surface area contributed by atoms with Crippen LogP contribution >= 0.6 is 0 Å². The van der Waals surface area contributed by atoms with E-state index in [-0.39, 0.29) is 23.8 Å². The van der Waals surface area contributed by atoms with Crippen LogP contribution in [0.1, 0.15) is 34.3 Å². The van der Waals surface area contributed by atoms with E-state index in [0.717, 1.165) is 26.1 Å². The molecule has 0 saturated carbocycles. The van der Waals surface area contributed by atoms with Crippen LogP contribution in [0.2, 0.25) is 0 Å². The van der Waals surface area contributed by atoms with Crippen molar-refractivity contribution in [1.82, 2.24) is 14.5 Å². The van der Waals surface area contributed by atoms with Crippen molar-refractivity contribution >= 4 is 15.9 Å². The van der Waals surface area contributed by atoms with Crippen molar-refractivity contribution in [3.8, 4) is 6.07 Å². The van der Waals surface area contributed by atoms with Crippen LogP contribution in [0.25, 0.3) is 0 Å². The van der Waals surface area contributed by atoms with Gasteiger partial charge in [0.25, 0.3) is 5.91 Å². The average Bonchev–Trinajstić information content (AvgIpc) is 3.01. The molecule has 2 aromatic rings. The molecule has 0 radical (unpaired) electrons. The van der Waals surface area contributed by atoms with Gasteiger partial charge in [0.1, 0.15) is 0 Å². The lowest BCUT2D eigenvalue weighted by molar-refractivity contribution is 0.0761. The Kier molecular flexibility index (Phi) is 7.80. The maximum atomic E-state index is 12.9. The van der Waals surface area contributed by atoms with Gasteiger partial charge in [-0.05, 0) is 43.2 Å². The summed E-state index contributed by atoms with van der Waals surface area (Å²) in [7, 11) is -3.68. The van der Waals surface area contributed by atoms with Gasteiger partial charge in [-0.2, -0.15) is 5.26 Å². The Morgan fingerprint density at radius 1 is 1.03 bits per heavy atom. The van der Waals surface area contributed by atoms with Gasteiger partial charge in [-0.25, -0.2) is 13.1 Å². The smallest absolute Gasteiger partial charge is 0.253 e. The number of benzene rings is 2. The number of carbonyl (C=O) groups excluding carboxylic acids is 1. The molecule has 0 unspecified atom stereocenters. The number of hydrogen-bond acceptors (Lipinski definition) is 5. The summed E-state index contributed by atoms with van der Waals surface area (Å²) in [6, 6.07) is 16.4. The van der Waals surface area contributed by atoms with E-state index < -0.39 is 10.0 Å². The molecular formula is C23H28N4O3S. The predicted molar refractivity (Wildman–Crippen MR) is 119 cm³/mol. The van der Waals surface area contributed by atoms with Crippen LogP contribution in [0.3, 0.4) is 0 Å². The number of nitrogens with one attached hydrogen (secondary N) is 1. The van der Waals surface area contributed by atoms with Crippen LogP contribution in [-0.4, -0.2) is 56.8 Å². The van der Waals surface area contributed by atoms with E-state index in [2.05, 4.69) is 40.8 Å². The van der Waals surface area contributed by atoms with Crippen molar-refractivity contribution in [2.24, 2.45) is 0 Å². The zero-order valence-corrected chi connectivity index (χ0v) is 18.6. The molecule has 164 valence electrons. The second-order valence-corrected chi connectivity index (χ2v) is 9.50. The number of aryl methyl sites for hydroxylation is 1. The van der Waals surface area contributed by atoms with Crippen molar-refractivity contribution < 1.29 is 13.2 Å². The molecule has 3 rings (SSSR count). The number of rotatable bonds is 7. The maximum Gasteiger partial charge on any atom is 0.253 e. The third-order valence-corrected chi connectivity index (χ3v) is 6.82. The van der Waals surface area contributed by atoms with Crippen LogP contribution in [0.15, 0.2) is 53.4 Å². The summed E-state index contributed by atoms with van der Waals surface area (Å²) in [5, 5.41) is 8.55. The fourth-order valence-electron chi connectivity index (χ4n) is 3.57. The van der Waals surface area contributed by atoms with Crippen LogP contribution in [-0.2, 0) is 16.6 Å². The summed E-state index contributed by atoms with van der Waals surface area (Å²) in [5.74, 6) is -0.0847. The third kappa shape index (κ3) is 6.37. The first kappa shape index (κ1) is 22.9.